The molecule has 0 saturated heterocycles. The number of nitrogens with two attached hydrogens (primary N) is 1. The lowest BCUT2D eigenvalue weighted by Gasteiger charge is -2.21. The average molecular weight is 238 g/mol. The summed E-state index contributed by atoms with van der Waals surface area (Å²) in [6.07, 6.45) is 2.50. The standard InChI is InChI=1S/C11H18N4S/c1-4-9-5-10(14-7-13-9)15(3)6-8(2)11(12)16/h5,7-8H,4,6H2,1-3H3,(H2,12,16). The van der Waals surface area contributed by atoms with Crippen molar-refractivity contribution >= 4 is 23.0 Å². The van der Waals surface area contributed by atoms with Crippen LogP contribution in [0.25, 0.3) is 0 Å². The Morgan fingerprint density at radius 2 is 2.25 bits per heavy atom. The molecule has 0 spiro atoms. The van der Waals surface area contributed by atoms with Crippen LogP contribution in [-0.2, 0) is 6.42 Å². The fourth-order valence-electron chi connectivity index (χ4n) is 1.38. The van der Waals surface area contributed by atoms with Crippen molar-refractivity contribution in [3.63, 3.8) is 0 Å². The Bertz CT molecular complexity index is 367. The van der Waals surface area contributed by atoms with Gasteiger partial charge in [0.1, 0.15) is 12.1 Å². The molecule has 1 rings (SSSR count). The van der Waals surface area contributed by atoms with Crippen molar-refractivity contribution in [1.29, 1.82) is 0 Å². The van der Waals surface area contributed by atoms with E-state index in [4.69, 9.17) is 18.0 Å². The van der Waals surface area contributed by atoms with E-state index in [-0.39, 0.29) is 5.92 Å². The predicted octanol–water partition coefficient (Wildman–Crippen LogP) is 1.40. The highest BCUT2D eigenvalue weighted by atomic mass is 32.1. The molecule has 1 atom stereocenters. The first kappa shape index (κ1) is 12.8. The van der Waals surface area contributed by atoms with E-state index in [0.717, 1.165) is 24.5 Å². The molecule has 1 aromatic heterocycles. The molecule has 0 saturated carbocycles. The Morgan fingerprint density at radius 1 is 1.56 bits per heavy atom. The van der Waals surface area contributed by atoms with Gasteiger partial charge in [0.05, 0.1) is 4.99 Å². The molecule has 0 fully saturated rings. The lowest BCUT2D eigenvalue weighted by molar-refractivity contribution is 0.732. The van der Waals surface area contributed by atoms with Gasteiger partial charge in [-0.05, 0) is 6.42 Å². The van der Waals surface area contributed by atoms with E-state index in [2.05, 4.69) is 16.9 Å². The molecule has 0 aliphatic rings. The maximum atomic E-state index is 5.59. The van der Waals surface area contributed by atoms with Crippen molar-refractivity contribution < 1.29 is 0 Å². The van der Waals surface area contributed by atoms with E-state index in [1.54, 1.807) is 6.33 Å². The summed E-state index contributed by atoms with van der Waals surface area (Å²) in [5.41, 5.74) is 6.63. The Balaban J connectivity index is 2.72. The van der Waals surface area contributed by atoms with Crippen molar-refractivity contribution in [2.75, 3.05) is 18.5 Å². The number of aromatic nitrogens is 2. The van der Waals surface area contributed by atoms with Crippen LogP contribution in [0.5, 0.6) is 0 Å². The van der Waals surface area contributed by atoms with E-state index in [9.17, 15) is 0 Å². The smallest absolute Gasteiger partial charge is 0.131 e. The van der Waals surface area contributed by atoms with Crippen LogP contribution in [0.3, 0.4) is 0 Å². The molecule has 2 N–H and O–H groups in total. The number of aryl methyl sites for hydroxylation is 1. The molecule has 1 aromatic rings. The minimum atomic E-state index is 0.181. The zero-order valence-corrected chi connectivity index (χ0v) is 10.8. The highest BCUT2D eigenvalue weighted by Crippen LogP contribution is 2.11. The van der Waals surface area contributed by atoms with Crippen molar-refractivity contribution in [1.82, 2.24) is 9.97 Å². The van der Waals surface area contributed by atoms with Crippen LogP contribution < -0.4 is 10.6 Å². The summed E-state index contributed by atoms with van der Waals surface area (Å²) in [6, 6.07) is 1.99. The lowest BCUT2D eigenvalue weighted by atomic mass is 10.1. The first-order valence-electron chi connectivity index (χ1n) is 5.36. The Labute approximate surface area is 102 Å². The molecule has 4 nitrogen and oxygen atoms in total. The summed E-state index contributed by atoms with van der Waals surface area (Å²) in [7, 11) is 1.98. The van der Waals surface area contributed by atoms with Gasteiger partial charge in [-0.15, -0.1) is 0 Å². The van der Waals surface area contributed by atoms with Crippen molar-refractivity contribution in [3.8, 4) is 0 Å². The minimum absolute atomic E-state index is 0.181. The minimum Gasteiger partial charge on any atom is -0.393 e. The van der Waals surface area contributed by atoms with Gasteiger partial charge in [0.25, 0.3) is 0 Å². The zero-order chi connectivity index (χ0) is 12.1. The molecule has 1 heterocycles. The van der Waals surface area contributed by atoms with Crippen molar-refractivity contribution in [3.05, 3.63) is 18.1 Å². The van der Waals surface area contributed by atoms with E-state index >= 15 is 0 Å². The normalized spacial score (nSPS) is 12.2. The fourth-order valence-corrected chi connectivity index (χ4v) is 1.46. The topological polar surface area (TPSA) is 55.0 Å². The number of nitrogens with zero attached hydrogens (tertiary/aromatic N) is 3. The maximum Gasteiger partial charge on any atom is 0.131 e. The molecule has 16 heavy (non-hydrogen) atoms. The van der Waals surface area contributed by atoms with Crippen molar-refractivity contribution in [2.45, 2.75) is 20.3 Å². The highest BCUT2D eigenvalue weighted by molar-refractivity contribution is 7.80. The van der Waals surface area contributed by atoms with Crippen LogP contribution in [0.2, 0.25) is 0 Å². The summed E-state index contributed by atoms with van der Waals surface area (Å²) in [6.45, 7) is 4.86. The lowest BCUT2D eigenvalue weighted by Crippen LogP contribution is -2.31. The number of hydrogen-bond acceptors (Lipinski definition) is 4. The molecule has 0 aliphatic carbocycles. The molecule has 0 bridgehead atoms. The van der Waals surface area contributed by atoms with Crippen LogP contribution in [0.1, 0.15) is 19.5 Å². The van der Waals surface area contributed by atoms with Gasteiger partial charge in [-0.2, -0.15) is 0 Å². The Morgan fingerprint density at radius 3 is 2.81 bits per heavy atom. The molecule has 0 amide bonds. The Kier molecular flexibility index (Phi) is 4.61. The van der Waals surface area contributed by atoms with Crippen LogP contribution in [0.4, 0.5) is 5.82 Å². The third-order valence-corrected chi connectivity index (χ3v) is 2.90. The summed E-state index contributed by atoms with van der Waals surface area (Å²) < 4.78 is 0. The maximum absolute atomic E-state index is 5.59. The molecule has 0 aliphatic heterocycles. The van der Waals surface area contributed by atoms with Gasteiger partial charge in [-0.1, -0.05) is 26.1 Å². The quantitative estimate of drug-likeness (QED) is 0.786. The largest absolute Gasteiger partial charge is 0.393 e. The number of hydrogen-bond donors (Lipinski definition) is 1. The highest BCUT2D eigenvalue weighted by Gasteiger charge is 2.10. The van der Waals surface area contributed by atoms with Crippen LogP contribution in [0, 0.1) is 5.92 Å². The molecule has 1 unspecified atom stereocenters. The average Bonchev–Trinajstić information content (AvgIpc) is 2.28. The number of rotatable bonds is 5. The van der Waals surface area contributed by atoms with Gasteiger partial charge in [-0.25, -0.2) is 9.97 Å². The van der Waals surface area contributed by atoms with Gasteiger partial charge in [0.2, 0.25) is 0 Å². The third-order valence-electron chi connectivity index (χ3n) is 2.50. The van der Waals surface area contributed by atoms with Crippen LogP contribution in [-0.4, -0.2) is 28.5 Å². The monoisotopic (exact) mass is 238 g/mol. The van der Waals surface area contributed by atoms with E-state index in [1.165, 1.54) is 0 Å². The zero-order valence-electron chi connectivity index (χ0n) is 9.97. The number of anilines is 1. The van der Waals surface area contributed by atoms with Gasteiger partial charge < -0.3 is 10.6 Å². The second-order valence-electron chi connectivity index (χ2n) is 3.91. The van der Waals surface area contributed by atoms with Gasteiger partial charge >= 0.3 is 0 Å². The van der Waals surface area contributed by atoms with Gasteiger partial charge in [-0.3, -0.25) is 0 Å². The van der Waals surface area contributed by atoms with Crippen molar-refractivity contribution in [2.24, 2.45) is 11.7 Å². The first-order valence-corrected chi connectivity index (χ1v) is 5.76. The van der Waals surface area contributed by atoms with Gasteiger partial charge in [0.15, 0.2) is 0 Å². The summed E-state index contributed by atoms with van der Waals surface area (Å²) in [4.78, 5) is 11.0. The summed E-state index contributed by atoms with van der Waals surface area (Å²) in [5, 5.41) is 0. The van der Waals surface area contributed by atoms with E-state index in [1.807, 2.05) is 24.9 Å². The second kappa shape index (κ2) is 5.75. The molecule has 88 valence electrons. The predicted molar refractivity (Wildman–Crippen MR) is 70.6 cm³/mol. The fraction of sp³-hybridized carbons (Fsp3) is 0.545. The molecule has 5 heteroatoms. The van der Waals surface area contributed by atoms with E-state index in [0.29, 0.717) is 4.99 Å². The molecule has 0 aromatic carbocycles. The number of thiocarbonyl (C=S) groups is 1. The summed E-state index contributed by atoms with van der Waals surface area (Å²) in [5.74, 6) is 1.09. The van der Waals surface area contributed by atoms with Crippen LogP contribution >= 0.6 is 12.2 Å². The van der Waals surface area contributed by atoms with E-state index < -0.39 is 0 Å². The SMILES string of the molecule is CCc1cc(N(C)CC(C)C(N)=S)ncn1. The molecule has 0 radical (unpaired) electrons. The first-order chi connectivity index (χ1) is 7.54. The third kappa shape index (κ3) is 3.41. The van der Waals surface area contributed by atoms with Crippen LogP contribution in [0.15, 0.2) is 12.4 Å². The second-order valence-corrected chi connectivity index (χ2v) is 4.38. The summed E-state index contributed by atoms with van der Waals surface area (Å²) >= 11 is 4.95. The molecular weight excluding hydrogens is 220 g/mol. The Hall–Kier alpha value is -1.23. The van der Waals surface area contributed by atoms with Gasteiger partial charge in [0, 0.05) is 31.3 Å². The molecular formula is C11H18N4S.